The van der Waals surface area contributed by atoms with E-state index in [4.69, 9.17) is 22.0 Å². The molecule has 0 aliphatic rings. The molecule has 0 fully saturated rings. The summed E-state index contributed by atoms with van der Waals surface area (Å²) in [7, 11) is -4.27. The van der Waals surface area contributed by atoms with E-state index in [9.17, 15) is 4.57 Å². The molecule has 0 aliphatic carbocycles. The van der Waals surface area contributed by atoms with Crippen molar-refractivity contribution < 1.29 is 18.9 Å². The van der Waals surface area contributed by atoms with Crippen molar-refractivity contribution in [2.75, 3.05) is 6.61 Å². The molecule has 0 aromatic rings. The Labute approximate surface area is 216 Å². The third-order valence-electron chi connectivity index (χ3n) is 6.29. The number of phosphoric ester groups is 1. The summed E-state index contributed by atoms with van der Waals surface area (Å²) in [5, 5.41) is 0. The number of thiocarbonyl (C=S) groups is 1. The van der Waals surface area contributed by atoms with Crippen LogP contribution < -0.4 is 0 Å². The molecule has 0 aromatic heterocycles. The minimum absolute atomic E-state index is 0.165. The largest absolute Gasteiger partial charge is 0.469 e. The summed E-state index contributed by atoms with van der Waals surface area (Å²) in [4.78, 5) is 17.2. The number of unbranched alkanes of at least 4 members (excludes halogenated alkanes) is 22. The Hall–Kier alpha value is 0.550. The number of thiol groups is 1. The number of rotatable bonds is 27. The third kappa shape index (κ3) is 32.5. The maximum absolute atomic E-state index is 10.5. The van der Waals surface area contributed by atoms with Crippen LogP contribution >= 0.6 is 32.7 Å². The molecule has 0 rings (SSSR count). The Morgan fingerprint density at radius 2 is 0.788 bits per heavy atom. The van der Waals surface area contributed by atoms with Gasteiger partial charge in [-0.3, -0.25) is 4.52 Å². The first-order valence-corrected chi connectivity index (χ1v) is 16.2. The second-order valence-corrected chi connectivity index (χ2v) is 12.2. The normalized spacial score (nSPS) is 11.8. The molecule has 0 atom stereocenters. The van der Waals surface area contributed by atoms with Crippen LogP contribution in [0.25, 0.3) is 0 Å². The van der Waals surface area contributed by atoms with Gasteiger partial charge < -0.3 is 9.79 Å². The van der Waals surface area contributed by atoms with Gasteiger partial charge in [0.05, 0.1) is 6.61 Å². The molecule has 0 aliphatic heterocycles. The summed E-state index contributed by atoms with van der Waals surface area (Å²) >= 11 is 9.16. The number of hydrogen-bond donors (Lipinski definition) is 3. The zero-order valence-corrected chi connectivity index (χ0v) is 23.8. The van der Waals surface area contributed by atoms with E-state index in [1.807, 2.05) is 0 Å². The maximum atomic E-state index is 10.5. The Balaban J connectivity index is 3.05. The van der Waals surface area contributed by atoms with Crippen LogP contribution in [0.15, 0.2) is 0 Å². The highest BCUT2D eigenvalue weighted by Gasteiger charge is 2.12. The highest BCUT2D eigenvalue weighted by molar-refractivity contribution is 8.11. The van der Waals surface area contributed by atoms with Crippen molar-refractivity contribution in [1.82, 2.24) is 0 Å². The fourth-order valence-electron chi connectivity index (χ4n) is 4.27. The Morgan fingerprint density at radius 3 is 1.03 bits per heavy atom. The monoisotopic (exact) mass is 524 g/mol. The van der Waals surface area contributed by atoms with Gasteiger partial charge in [-0.05, 0) is 19.3 Å². The zero-order valence-electron chi connectivity index (χ0n) is 21.2. The molecule has 0 radical (unpaired) electrons. The molecular weight excluding hydrogens is 471 g/mol. The van der Waals surface area contributed by atoms with E-state index in [1.165, 1.54) is 128 Å². The van der Waals surface area contributed by atoms with Crippen LogP contribution in [0.1, 0.15) is 154 Å². The van der Waals surface area contributed by atoms with E-state index >= 15 is 0 Å². The summed E-state index contributed by atoms with van der Waals surface area (Å²) < 4.78 is 15.8. The lowest BCUT2D eigenvalue weighted by molar-refractivity contribution is 0.193. The molecule has 4 nitrogen and oxygen atoms in total. The van der Waals surface area contributed by atoms with E-state index in [0.717, 1.165) is 29.9 Å². The standard InChI is InChI=1S/C26H53O4PS2/c27-31(28,29)30-25-23-21-19-17-15-13-11-9-7-5-3-1-2-4-6-8-10-12-14-16-18-20-22-24-26(32)33/h1-25H2,(H,32,33)(H2,27,28,29). The molecule has 0 spiro atoms. The van der Waals surface area contributed by atoms with Crippen LogP contribution in [0, 0.1) is 0 Å². The highest BCUT2D eigenvalue weighted by Crippen LogP contribution is 2.35. The van der Waals surface area contributed by atoms with E-state index in [0.29, 0.717) is 0 Å². The minimum Gasteiger partial charge on any atom is -0.303 e. The van der Waals surface area contributed by atoms with Crippen LogP contribution in [0.5, 0.6) is 0 Å². The molecule has 0 heterocycles. The fourth-order valence-corrected chi connectivity index (χ4v) is 4.94. The van der Waals surface area contributed by atoms with Gasteiger partial charge in [0.1, 0.15) is 0 Å². The average molecular weight is 525 g/mol. The van der Waals surface area contributed by atoms with Gasteiger partial charge in [-0.1, -0.05) is 147 Å². The lowest BCUT2D eigenvalue weighted by atomic mass is 10.0. The first-order valence-electron chi connectivity index (χ1n) is 13.8. The first-order chi connectivity index (χ1) is 15.9. The van der Waals surface area contributed by atoms with Crippen LogP contribution in [0.3, 0.4) is 0 Å². The van der Waals surface area contributed by atoms with Crippen molar-refractivity contribution in [3.05, 3.63) is 0 Å². The van der Waals surface area contributed by atoms with Crippen molar-refractivity contribution in [2.24, 2.45) is 0 Å². The molecule has 7 heteroatoms. The summed E-state index contributed by atoms with van der Waals surface area (Å²) in [6.45, 7) is 0.165. The smallest absolute Gasteiger partial charge is 0.303 e. The van der Waals surface area contributed by atoms with Crippen LogP contribution in [-0.4, -0.2) is 20.6 Å². The van der Waals surface area contributed by atoms with E-state index in [1.54, 1.807) is 0 Å². The molecule has 2 N–H and O–H groups in total. The second kappa shape index (κ2) is 25.6. The topological polar surface area (TPSA) is 66.8 Å². The molecule has 0 saturated carbocycles. The Kier molecular flexibility index (Phi) is 26.1. The molecule has 33 heavy (non-hydrogen) atoms. The van der Waals surface area contributed by atoms with E-state index < -0.39 is 7.82 Å². The summed E-state index contributed by atoms with van der Waals surface area (Å²) in [6.07, 6.45) is 31.3. The average Bonchev–Trinajstić information content (AvgIpc) is 2.75. The predicted molar refractivity (Wildman–Crippen MR) is 150 cm³/mol. The summed E-state index contributed by atoms with van der Waals surface area (Å²) in [6, 6.07) is 0. The van der Waals surface area contributed by atoms with E-state index in [-0.39, 0.29) is 6.61 Å². The van der Waals surface area contributed by atoms with Crippen molar-refractivity contribution in [3.8, 4) is 0 Å². The first kappa shape index (κ1) is 33.5. The lowest BCUT2D eigenvalue weighted by Gasteiger charge is -2.05. The van der Waals surface area contributed by atoms with Gasteiger partial charge in [0, 0.05) is 4.20 Å². The molecular formula is C26H53O4PS2. The molecule has 0 bridgehead atoms. The van der Waals surface area contributed by atoms with E-state index in [2.05, 4.69) is 17.2 Å². The zero-order chi connectivity index (χ0) is 24.5. The number of phosphoric acid groups is 1. The molecule has 198 valence electrons. The van der Waals surface area contributed by atoms with Crippen molar-refractivity contribution in [1.29, 1.82) is 0 Å². The third-order valence-corrected chi connectivity index (χ3v) is 7.24. The maximum Gasteiger partial charge on any atom is 0.469 e. The SMILES string of the molecule is O=P(O)(O)OCCCCCCCCCCCCCCCCCCCCCCCCCC(=S)S. The Bertz CT molecular complexity index is 471. The van der Waals surface area contributed by atoms with Gasteiger partial charge in [-0.2, -0.15) is 0 Å². The van der Waals surface area contributed by atoms with Gasteiger partial charge in [-0.15, -0.1) is 12.6 Å². The van der Waals surface area contributed by atoms with Crippen molar-refractivity contribution in [3.63, 3.8) is 0 Å². The Morgan fingerprint density at radius 1 is 0.545 bits per heavy atom. The molecule has 0 amide bonds. The fraction of sp³-hybridized carbons (Fsp3) is 0.962. The second-order valence-electron chi connectivity index (χ2n) is 9.60. The van der Waals surface area contributed by atoms with Gasteiger partial charge in [-0.25, -0.2) is 4.57 Å². The van der Waals surface area contributed by atoms with Gasteiger partial charge >= 0.3 is 7.82 Å². The van der Waals surface area contributed by atoms with Gasteiger partial charge in [0.25, 0.3) is 0 Å². The van der Waals surface area contributed by atoms with Gasteiger partial charge in [0.2, 0.25) is 0 Å². The predicted octanol–water partition coefficient (Wildman–Crippen LogP) is 9.72. The number of hydrogen-bond acceptors (Lipinski definition) is 3. The quantitative estimate of drug-likeness (QED) is 0.0432. The van der Waals surface area contributed by atoms with Crippen LogP contribution in [0.4, 0.5) is 0 Å². The molecule has 0 saturated heterocycles. The van der Waals surface area contributed by atoms with Crippen LogP contribution in [-0.2, 0) is 9.09 Å². The minimum atomic E-state index is -4.27. The van der Waals surface area contributed by atoms with Crippen molar-refractivity contribution in [2.45, 2.75) is 154 Å². The summed E-state index contributed by atoms with van der Waals surface area (Å²) in [5.41, 5.74) is 0. The van der Waals surface area contributed by atoms with Crippen LogP contribution in [0.2, 0.25) is 0 Å². The molecule has 0 aromatic carbocycles. The summed E-state index contributed by atoms with van der Waals surface area (Å²) in [5.74, 6) is 0. The lowest BCUT2D eigenvalue weighted by Crippen LogP contribution is -1.92. The molecule has 0 unspecified atom stereocenters. The van der Waals surface area contributed by atoms with Crippen molar-refractivity contribution >= 4 is 36.9 Å². The highest BCUT2D eigenvalue weighted by atomic mass is 32.1. The van der Waals surface area contributed by atoms with Gasteiger partial charge in [0.15, 0.2) is 0 Å².